The van der Waals surface area contributed by atoms with Crippen molar-refractivity contribution in [1.29, 1.82) is 0 Å². The maximum atomic E-state index is 12.5. The lowest BCUT2D eigenvalue weighted by Gasteiger charge is -2.23. The highest BCUT2D eigenvalue weighted by atomic mass is 16.4. The smallest absolute Gasteiger partial charge is 0.326 e. The lowest BCUT2D eigenvalue weighted by molar-refractivity contribution is -0.142. The second-order valence-electron chi connectivity index (χ2n) is 7.50. The molecular formula is C20H29N5O8. The quantitative estimate of drug-likeness (QED) is 0.157. The Balaban J connectivity index is 2.81. The predicted octanol–water partition coefficient (Wildman–Crippen LogP) is -2.92. The molecule has 4 amide bonds. The van der Waals surface area contributed by atoms with Gasteiger partial charge >= 0.3 is 5.97 Å². The van der Waals surface area contributed by atoms with Crippen LogP contribution in [-0.2, 0) is 30.4 Å². The second-order valence-corrected chi connectivity index (χ2v) is 7.50. The number of aromatic hydroxyl groups is 1. The van der Waals surface area contributed by atoms with Gasteiger partial charge in [0.15, 0.2) is 0 Å². The van der Waals surface area contributed by atoms with E-state index >= 15 is 0 Å². The molecule has 13 nitrogen and oxygen atoms in total. The summed E-state index contributed by atoms with van der Waals surface area (Å²) in [5.41, 5.74) is 11.1. The van der Waals surface area contributed by atoms with Crippen molar-refractivity contribution in [3.05, 3.63) is 29.8 Å². The van der Waals surface area contributed by atoms with Gasteiger partial charge in [0.05, 0.1) is 12.5 Å². The van der Waals surface area contributed by atoms with Crippen LogP contribution in [0.15, 0.2) is 24.3 Å². The van der Waals surface area contributed by atoms with Crippen molar-refractivity contribution in [3.8, 4) is 5.75 Å². The van der Waals surface area contributed by atoms with Crippen LogP contribution in [0.5, 0.6) is 5.75 Å². The molecule has 1 aromatic rings. The SMILES string of the molecule is CC(NC(=O)C(CC(N)=O)NC(=O)C(N)C(C)O)C(=O)NC(Cc1ccc(O)cc1)C(=O)O. The summed E-state index contributed by atoms with van der Waals surface area (Å²) in [7, 11) is 0. The maximum absolute atomic E-state index is 12.5. The zero-order valence-electron chi connectivity index (χ0n) is 18.1. The number of benzene rings is 1. The van der Waals surface area contributed by atoms with Gasteiger partial charge in [-0.1, -0.05) is 12.1 Å². The van der Waals surface area contributed by atoms with Crippen LogP contribution in [0.25, 0.3) is 0 Å². The van der Waals surface area contributed by atoms with Crippen LogP contribution in [-0.4, -0.2) is 75.2 Å². The summed E-state index contributed by atoms with van der Waals surface area (Å²) in [6.07, 6.45) is -1.91. The Morgan fingerprint density at radius 2 is 1.45 bits per heavy atom. The largest absolute Gasteiger partial charge is 0.508 e. The Morgan fingerprint density at radius 1 is 0.909 bits per heavy atom. The molecule has 182 valence electrons. The predicted molar refractivity (Wildman–Crippen MR) is 114 cm³/mol. The Morgan fingerprint density at radius 3 is 1.94 bits per heavy atom. The van der Waals surface area contributed by atoms with E-state index in [9.17, 15) is 39.3 Å². The van der Waals surface area contributed by atoms with Gasteiger partial charge in [-0.3, -0.25) is 19.2 Å². The zero-order valence-corrected chi connectivity index (χ0v) is 18.1. The summed E-state index contributed by atoms with van der Waals surface area (Å²) >= 11 is 0. The first kappa shape index (κ1) is 27.3. The summed E-state index contributed by atoms with van der Waals surface area (Å²) in [5.74, 6) is -4.92. The number of aliphatic hydroxyl groups is 1. The number of carboxylic acids is 1. The standard InChI is InChI=1S/C20H29N5O8/c1-9(17(29)25-14(20(32)33)7-11-3-5-12(27)6-4-11)23-18(30)13(8-15(21)28)24-19(31)16(22)10(2)26/h3-6,9-10,13-14,16,26-27H,7-8,22H2,1-2H3,(H2,21,28)(H,23,30)(H,24,31)(H,25,29)(H,32,33). The Labute approximate surface area is 189 Å². The van der Waals surface area contributed by atoms with Crippen LogP contribution in [0.1, 0.15) is 25.8 Å². The minimum atomic E-state index is -1.47. The molecule has 0 saturated heterocycles. The molecule has 0 aliphatic rings. The molecule has 0 saturated carbocycles. The lowest BCUT2D eigenvalue weighted by atomic mass is 10.1. The van der Waals surface area contributed by atoms with E-state index in [1.807, 2.05) is 0 Å². The molecule has 0 aromatic heterocycles. The van der Waals surface area contributed by atoms with Crippen molar-refractivity contribution in [2.45, 2.75) is 57.0 Å². The van der Waals surface area contributed by atoms with Gasteiger partial charge in [-0.2, -0.15) is 0 Å². The van der Waals surface area contributed by atoms with Gasteiger partial charge in [-0.25, -0.2) is 4.79 Å². The van der Waals surface area contributed by atoms with Gasteiger partial charge in [0, 0.05) is 6.42 Å². The molecule has 0 fully saturated rings. The fourth-order valence-electron chi connectivity index (χ4n) is 2.64. The summed E-state index contributed by atoms with van der Waals surface area (Å²) < 4.78 is 0. The third-order valence-electron chi connectivity index (χ3n) is 4.60. The van der Waals surface area contributed by atoms with E-state index in [0.717, 1.165) is 0 Å². The minimum absolute atomic E-state index is 0.00185. The van der Waals surface area contributed by atoms with Crippen LogP contribution in [0.2, 0.25) is 0 Å². The monoisotopic (exact) mass is 467 g/mol. The van der Waals surface area contributed by atoms with Crippen LogP contribution in [0, 0.1) is 0 Å². The van der Waals surface area contributed by atoms with E-state index in [0.29, 0.717) is 5.56 Å². The number of amides is 4. The van der Waals surface area contributed by atoms with E-state index in [1.165, 1.54) is 38.1 Å². The number of phenolic OH excluding ortho intramolecular Hbond substituents is 1. The van der Waals surface area contributed by atoms with Crippen LogP contribution < -0.4 is 27.4 Å². The summed E-state index contributed by atoms with van der Waals surface area (Å²) in [4.78, 5) is 59.8. The maximum Gasteiger partial charge on any atom is 0.326 e. The highest BCUT2D eigenvalue weighted by molar-refractivity contribution is 5.96. The number of carboxylic acid groups (broad SMARTS) is 1. The molecule has 1 rings (SSSR count). The summed E-state index contributed by atoms with van der Waals surface area (Å²) in [6.45, 7) is 2.54. The molecule has 5 atom stereocenters. The van der Waals surface area contributed by atoms with E-state index in [-0.39, 0.29) is 12.2 Å². The molecule has 33 heavy (non-hydrogen) atoms. The van der Waals surface area contributed by atoms with Crippen LogP contribution in [0.4, 0.5) is 0 Å². The van der Waals surface area contributed by atoms with Crippen molar-refractivity contribution in [2.24, 2.45) is 11.5 Å². The van der Waals surface area contributed by atoms with Crippen molar-refractivity contribution in [2.75, 3.05) is 0 Å². The third-order valence-corrected chi connectivity index (χ3v) is 4.60. The minimum Gasteiger partial charge on any atom is -0.508 e. The second kappa shape index (κ2) is 12.4. The molecule has 0 bridgehead atoms. The molecule has 13 heteroatoms. The highest BCUT2D eigenvalue weighted by Gasteiger charge is 2.30. The normalized spacial score (nSPS) is 15.3. The van der Waals surface area contributed by atoms with Gasteiger partial charge in [-0.05, 0) is 31.5 Å². The molecule has 0 aliphatic carbocycles. The van der Waals surface area contributed by atoms with Crippen molar-refractivity contribution in [1.82, 2.24) is 16.0 Å². The van der Waals surface area contributed by atoms with E-state index in [1.54, 1.807) is 0 Å². The van der Waals surface area contributed by atoms with Crippen molar-refractivity contribution >= 4 is 29.6 Å². The average Bonchev–Trinajstić information content (AvgIpc) is 2.72. The van der Waals surface area contributed by atoms with Gasteiger partial charge < -0.3 is 42.7 Å². The molecule has 5 unspecified atom stereocenters. The molecule has 0 radical (unpaired) electrons. The molecule has 0 spiro atoms. The number of hydrogen-bond acceptors (Lipinski definition) is 8. The first-order valence-corrected chi connectivity index (χ1v) is 9.95. The number of hydrogen-bond donors (Lipinski definition) is 8. The topological polar surface area (TPSA) is 234 Å². The first-order valence-electron chi connectivity index (χ1n) is 9.95. The van der Waals surface area contributed by atoms with Gasteiger partial charge in [0.25, 0.3) is 0 Å². The van der Waals surface area contributed by atoms with E-state index in [2.05, 4.69) is 16.0 Å². The fourth-order valence-corrected chi connectivity index (χ4v) is 2.64. The van der Waals surface area contributed by atoms with Gasteiger partial charge in [0.1, 0.15) is 29.9 Å². The van der Waals surface area contributed by atoms with Gasteiger partial charge in [0.2, 0.25) is 23.6 Å². The van der Waals surface area contributed by atoms with E-state index < -0.39 is 66.3 Å². The molecular weight excluding hydrogens is 438 g/mol. The number of rotatable bonds is 12. The number of aliphatic hydroxyl groups excluding tert-OH is 1. The fraction of sp³-hybridized carbons (Fsp3) is 0.450. The number of phenols is 1. The Kier molecular flexibility index (Phi) is 10.2. The number of primary amides is 1. The summed E-state index contributed by atoms with van der Waals surface area (Å²) in [6, 6.07) is 0.330. The van der Waals surface area contributed by atoms with Crippen LogP contribution >= 0.6 is 0 Å². The molecule has 10 N–H and O–H groups in total. The first-order chi connectivity index (χ1) is 15.3. The molecule has 0 heterocycles. The highest BCUT2D eigenvalue weighted by Crippen LogP contribution is 2.11. The summed E-state index contributed by atoms with van der Waals surface area (Å²) in [5, 5.41) is 34.9. The number of carbonyl (C=O) groups excluding carboxylic acids is 4. The Bertz CT molecular complexity index is 874. The van der Waals surface area contributed by atoms with Crippen molar-refractivity contribution in [3.63, 3.8) is 0 Å². The molecule has 1 aromatic carbocycles. The van der Waals surface area contributed by atoms with Crippen LogP contribution in [0.3, 0.4) is 0 Å². The number of nitrogens with two attached hydrogens (primary N) is 2. The molecule has 0 aliphatic heterocycles. The average molecular weight is 467 g/mol. The lowest BCUT2D eigenvalue weighted by Crippen LogP contribution is -2.58. The third kappa shape index (κ3) is 9.13. The van der Waals surface area contributed by atoms with E-state index in [4.69, 9.17) is 11.5 Å². The van der Waals surface area contributed by atoms with Gasteiger partial charge in [-0.15, -0.1) is 0 Å². The zero-order chi connectivity index (χ0) is 25.3. The van der Waals surface area contributed by atoms with Crippen molar-refractivity contribution < 1.29 is 39.3 Å². The Hall–Kier alpha value is -3.71. The number of nitrogens with one attached hydrogen (secondary N) is 3. The number of carbonyl (C=O) groups is 5. The number of aliphatic carboxylic acids is 1.